The number of aromatic amines is 1. The van der Waals surface area contributed by atoms with Gasteiger partial charge in [-0.2, -0.15) is 0 Å². The highest BCUT2D eigenvalue weighted by Gasteiger charge is 2.11. The Labute approximate surface area is 119 Å². The molecule has 0 aliphatic carbocycles. The van der Waals surface area contributed by atoms with Gasteiger partial charge in [0.25, 0.3) is 0 Å². The van der Waals surface area contributed by atoms with E-state index in [0.29, 0.717) is 13.0 Å². The maximum absolute atomic E-state index is 11.4. The lowest BCUT2D eigenvalue weighted by molar-refractivity contribution is 0.415. The third-order valence-corrected chi connectivity index (χ3v) is 4.81. The summed E-state index contributed by atoms with van der Waals surface area (Å²) in [6.07, 6.45) is 0.651. The number of sulfonamides is 1. The quantitative estimate of drug-likeness (QED) is 0.856. The summed E-state index contributed by atoms with van der Waals surface area (Å²) in [6, 6.07) is 5.85. The predicted octanol–water partition coefficient (Wildman–Crippen LogP) is 1.97. The van der Waals surface area contributed by atoms with Gasteiger partial charge in [-0.15, -0.1) is 0 Å². The zero-order chi connectivity index (χ0) is 14.8. The molecule has 20 heavy (non-hydrogen) atoms. The number of aryl methyl sites for hydroxylation is 1. The summed E-state index contributed by atoms with van der Waals surface area (Å²) >= 11 is 0. The van der Waals surface area contributed by atoms with Crippen molar-refractivity contribution in [3.63, 3.8) is 0 Å². The fourth-order valence-corrected chi connectivity index (χ4v) is 2.86. The molecule has 0 unspecified atom stereocenters. The van der Waals surface area contributed by atoms with Crippen LogP contribution in [0.25, 0.3) is 10.9 Å². The number of ether oxygens (including phenoxy) is 1. The molecule has 6 heteroatoms. The maximum Gasteiger partial charge on any atom is 0.211 e. The highest BCUT2D eigenvalue weighted by Crippen LogP contribution is 2.26. The van der Waals surface area contributed by atoms with Crippen molar-refractivity contribution in [1.29, 1.82) is 0 Å². The minimum Gasteiger partial charge on any atom is -0.497 e. The average Bonchev–Trinajstić information content (AvgIpc) is 2.74. The second-order valence-corrected chi connectivity index (χ2v) is 6.78. The van der Waals surface area contributed by atoms with Gasteiger partial charge in [0.05, 0.1) is 12.9 Å². The molecule has 0 radical (unpaired) electrons. The van der Waals surface area contributed by atoms with Gasteiger partial charge >= 0.3 is 0 Å². The number of hydrogen-bond donors (Lipinski definition) is 2. The van der Waals surface area contributed by atoms with Crippen LogP contribution in [0.3, 0.4) is 0 Å². The maximum atomic E-state index is 11.4. The summed E-state index contributed by atoms with van der Waals surface area (Å²) in [7, 11) is -1.50. The predicted molar refractivity (Wildman–Crippen MR) is 80.8 cm³/mol. The first-order chi connectivity index (χ1) is 9.46. The SMILES string of the molecule is CCS(=O)(=O)NCCc1c(C)[nH]c2ccc(OC)cc12. The van der Waals surface area contributed by atoms with Crippen LogP contribution in [0.2, 0.25) is 0 Å². The Morgan fingerprint density at radius 1 is 1.35 bits per heavy atom. The van der Waals surface area contributed by atoms with E-state index < -0.39 is 10.0 Å². The largest absolute Gasteiger partial charge is 0.497 e. The number of benzene rings is 1. The highest BCUT2D eigenvalue weighted by atomic mass is 32.2. The van der Waals surface area contributed by atoms with Crippen molar-refractivity contribution in [2.75, 3.05) is 19.4 Å². The van der Waals surface area contributed by atoms with Crippen molar-refractivity contribution in [2.24, 2.45) is 0 Å². The summed E-state index contributed by atoms with van der Waals surface area (Å²) in [5.41, 5.74) is 3.22. The first kappa shape index (κ1) is 14.9. The van der Waals surface area contributed by atoms with Gasteiger partial charge in [0.15, 0.2) is 0 Å². The first-order valence-corrected chi connectivity index (χ1v) is 8.24. The minimum absolute atomic E-state index is 0.105. The van der Waals surface area contributed by atoms with Crippen LogP contribution < -0.4 is 9.46 Å². The molecule has 1 aromatic heterocycles. The summed E-state index contributed by atoms with van der Waals surface area (Å²) in [4.78, 5) is 3.31. The molecule has 0 amide bonds. The standard InChI is InChI=1S/C14H20N2O3S/c1-4-20(17,18)15-8-7-12-10(2)16-14-6-5-11(19-3)9-13(12)14/h5-6,9,15-16H,4,7-8H2,1-3H3. The molecule has 0 saturated heterocycles. The number of rotatable bonds is 6. The molecule has 110 valence electrons. The second kappa shape index (κ2) is 5.85. The topological polar surface area (TPSA) is 71.2 Å². The van der Waals surface area contributed by atoms with Crippen LogP contribution in [-0.4, -0.2) is 32.8 Å². The molecule has 1 aromatic carbocycles. The molecule has 0 atom stereocenters. The van der Waals surface area contributed by atoms with Gasteiger partial charge in [0, 0.05) is 23.1 Å². The van der Waals surface area contributed by atoms with Crippen molar-refractivity contribution in [1.82, 2.24) is 9.71 Å². The molecule has 5 nitrogen and oxygen atoms in total. The zero-order valence-corrected chi connectivity index (χ0v) is 12.8. The van der Waals surface area contributed by atoms with E-state index in [2.05, 4.69) is 9.71 Å². The summed E-state index contributed by atoms with van der Waals surface area (Å²) in [6.45, 7) is 4.03. The van der Waals surface area contributed by atoms with E-state index in [9.17, 15) is 8.42 Å². The Morgan fingerprint density at radius 2 is 2.10 bits per heavy atom. The Hall–Kier alpha value is -1.53. The molecule has 0 spiro atoms. The number of aromatic nitrogens is 1. The second-order valence-electron chi connectivity index (χ2n) is 4.69. The van der Waals surface area contributed by atoms with Gasteiger partial charge in [-0.1, -0.05) is 0 Å². The fourth-order valence-electron chi connectivity index (χ4n) is 2.24. The summed E-state index contributed by atoms with van der Waals surface area (Å²) < 4.78 is 30.7. The first-order valence-electron chi connectivity index (χ1n) is 6.59. The lowest BCUT2D eigenvalue weighted by atomic mass is 10.1. The molecule has 2 N–H and O–H groups in total. The van der Waals surface area contributed by atoms with Gasteiger partial charge in [0.2, 0.25) is 10.0 Å². The molecular weight excluding hydrogens is 276 g/mol. The van der Waals surface area contributed by atoms with Crippen LogP contribution in [0.15, 0.2) is 18.2 Å². The molecule has 0 aliphatic rings. The molecule has 0 aliphatic heterocycles. The molecule has 2 aromatic rings. The molecule has 0 bridgehead atoms. The van der Waals surface area contributed by atoms with E-state index in [0.717, 1.165) is 27.9 Å². The summed E-state index contributed by atoms with van der Waals surface area (Å²) in [5, 5.41) is 1.08. The molecule has 0 saturated carbocycles. The van der Waals surface area contributed by atoms with Crippen LogP contribution in [0, 0.1) is 6.92 Å². The normalized spacial score (nSPS) is 11.9. The van der Waals surface area contributed by atoms with Crippen LogP contribution >= 0.6 is 0 Å². The smallest absolute Gasteiger partial charge is 0.211 e. The highest BCUT2D eigenvalue weighted by molar-refractivity contribution is 7.89. The fraction of sp³-hybridized carbons (Fsp3) is 0.429. The molecular formula is C14H20N2O3S. The average molecular weight is 296 g/mol. The Bertz CT molecular complexity index is 705. The number of nitrogens with one attached hydrogen (secondary N) is 2. The zero-order valence-electron chi connectivity index (χ0n) is 12.0. The Balaban J connectivity index is 2.23. The van der Waals surface area contributed by atoms with Gasteiger partial charge in [0.1, 0.15) is 5.75 Å². The van der Waals surface area contributed by atoms with E-state index in [1.807, 2.05) is 25.1 Å². The van der Waals surface area contributed by atoms with E-state index in [-0.39, 0.29) is 5.75 Å². The van der Waals surface area contributed by atoms with Gasteiger partial charge in [-0.05, 0) is 44.0 Å². The van der Waals surface area contributed by atoms with Crippen LogP contribution in [0.4, 0.5) is 0 Å². The van der Waals surface area contributed by atoms with E-state index in [4.69, 9.17) is 4.74 Å². The van der Waals surface area contributed by atoms with Crippen LogP contribution in [-0.2, 0) is 16.4 Å². The number of hydrogen-bond acceptors (Lipinski definition) is 3. The third kappa shape index (κ3) is 3.13. The lowest BCUT2D eigenvalue weighted by Gasteiger charge is -2.05. The van der Waals surface area contributed by atoms with Crippen molar-refractivity contribution in [3.8, 4) is 5.75 Å². The van der Waals surface area contributed by atoms with E-state index >= 15 is 0 Å². The third-order valence-electron chi connectivity index (χ3n) is 3.40. The number of fused-ring (bicyclic) bond motifs is 1. The Kier molecular flexibility index (Phi) is 4.35. The van der Waals surface area contributed by atoms with Crippen molar-refractivity contribution < 1.29 is 13.2 Å². The molecule has 0 fully saturated rings. The molecule has 1 heterocycles. The minimum atomic E-state index is -3.14. The number of H-pyrrole nitrogens is 1. The monoisotopic (exact) mass is 296 g/mol. The molecule has 2 rings (SSSR count). The summed E-state index contributed by atoms with van der Waals surface area (Å²) in [5.74, 6) is 0.903. The number of methoxy groups -OCH3 is 1. The van der Waals surface area contributed by atoms with Crippen molar-refractivity contribution in [2.45, 2.75) is 20.3 Å². The van der Waals surface area contributed by atoms with E-state index in [1.165, 1.54) is 0 Å². The van der Waals surface area contributed by atoms with Crippen molar-refractivity contribution >= 4 is 20.9 Å². The van der Waals surface area contributed by atoms with Crippen LogP contribution in [0.1, 0.15) is 18.2 Å². The van der Waals surface area contributed by atoms with Crippen molar-refractivity contribution in [3.05, 3.63) is 29.5 Å². The van der Waals surface area contributed by atoms with Gasteiger partial charge < -0.3 is 9.72 Å². The Morgan fingerprint density at radius 3 is 2.75 bits per heavy atom. The van der Waals surface area contributed by atoms with Crippen LogP contribution in [0.5, 0.6) is 5.75 Å². The lowest BCUT2D eigenvalue weighted by Crippen LogP contribution is -2.27. The van der Waals surface area contributed by atoms with Gasteiger partial charge in [-0.3, -0.25) is 0 Å². The van der Waals surface area contributed by atoms with Gasteiger partial charge in [-0.25, -0.2) is 13.1 Å². The van der Waals surface area contributed by atoms with E-state index in [1.54, 1.807) is 14.0 Å².